The number of benzene rings is 2. The molecule has 0 saturated heterocycles. The number of nitrogen functional groups attached to an aromatic ring is 1. The molecule has 0 saturated carbocycles. The molecular formula is C14H11ClN2O4. The third-order valence-electron chi connectivity index (χ3n) is 2.73. The van der Waals surface area contributed by atoms with E-state index in [9.17, 15) is 14.9 Å². The highest BCUT2D eigenvalue weighted by atomic mass is 35.5. The highest BCUT2D eigenvalue weighted by Crippen LogP contribution is 2.35. The molecule has 0 aliphatic rings. The zero-order chi connectivity index (χ0) is 15.6. The summed E-state index contributed by atoms with van der Waals surface area (Å²) in [5.41, 5.74) is 5.71. The van der Waals surface area contributed by atoms with Crippen molar-refractivity contribution >= 4 is 28.8 Å². The Bertz CT molecular complexity index is 714. The fourth-order valence-electron chi connectivity index (χ4n) is 1.72. The van der Waals surface area contributed by atoms with E-state index in [4.69, 9.17) is 22.1 Å². The van der Waals surface area contributed by atoms with Gasteiger partial charge in [0.25, 0.3) is 5.69 Å². The van der Waals surface area contributed by atoms with Crippen molar-refractivity contribution in [1.29, 1.82) is 0 Å². The van der Waals surface area contributed by atoms with Gasteiger partial charge in [0.15, 0.2) is 11.5 Å². The van der Waals surface area contributed by atoms with Crippen LogP contribution in [0.2, 0.25) is 5.02 Å². The molecule has 108 valence electrons. The smallest absolute Gasteiger partial charge is 0.284 e. The molecule has 0 heterocycles. The molecule has 0 bridgehead atoms. The Kier molecular flexibility index (Phi) is 4.09. The summed E-state index contributed by atoms with van der Waals surface area (Å²) in [6.45, 7) is 1.24. The lowest BCUT2D eigenvalue weighted by atomic mass is 10.1. The zero-order valence-electron chi connectivity index (χ0n) is 11.0. The molecule has 0 aromatic heterocycles. The minimum absolute atomic E-state index is 0.0605. The molecule has 2 aromatic carbocycles. The Morgan fingerprint density at radius 3 is 2.43 bits per heavy atom. The summed E-state index contributed by atoms with van der Waals surface area (Å²) in [5, 5.41) is 11.1. The molecule has 2 aromatic rings. The molecular weight excluding hydrogens is 296 g/mol. The van der Waals surface area contributed by atoms with E-state index in [1.165, 1.54) is 13.0 Å². The fourth-order valence-corrected chi connectivity index (χ4v) is 1.92. The van der Waals surface area contributed by atoms with Crippen LogP contribution >= 0.6 is 11.6 Å². The molecule has 0 fully saturated rings. The number of halogens is 1. The molecule has 0 radical (unpaired) electrons. The normalized spacial score (nSPS) is 10.2. The molecule has 6 nitrogen and oxygen atoms in total. The first-order valence-electron chi connectivity index (χ1n) is 5.90. The van der Waals surface area contributed by atoms with E-state index in [0.29, 0.717) is 11.4 Å². The summed E-state index contributed by atoms with van der Waals surface area (Å²) in [6, 6.07) is 8.83. The van der Waals surface area contributed by atoms with Crippen molar-refractivity contribution in [2.24, 2.45) is 0 Å². The van der Waals surface area contributed by atoms with Crippen LogP contribution in [0.25, 0.3) is 0 Å². The summed E-state index contributed by atoms with van der Waals surface area (Å²) < 4.78 is 5.49. The van der Waals surface area contributed by atoms with Crippen molar-refractivity contribution in [3.8, 4) is 11.5 Å². The SMILES string of the molecule is CC(=O)c1cc(Cl)c(Oc2ccc(N)cc2)cc1[N+](=O)[O-]. The summed E-state index contributed by atoms with van der Waals surface area (Å²) >= 11 is 6.01. The quantitative estimate of drug-likeness (QED) is 0.401. The number of rotatable bonds is 4. The van der Waals surface area contributed by atoms with E-state index in [1.807, 2.05) is 0 Å². The van der Waals surface area contributed by atoms with Crippen molar-refractivity contribution in [1.82, 2.24) is 0 Å². The van der Waals surface area contributed by atoms with Gasteiger partial charge in [-0.1, -0.05) is 11.6 Å². The van der Waals surface area contributed by atoms with Gasteiger partial charge in [0.1, 0.15) is 5.75 Å². The zero-order valence-corrected chi connectivity index (χ0v) is 11.8. The number of carbonyl (C=O) groups is 1. The minimum Gasteiger partial charge on any atom is -0.456 e. The van der Waals surface area contributed by atoms with Crippen LogP contribution in [-0.2, 0) is 0 Å². The third-order valence-corrected chi connectivity index (χ3v) is 3.03. The van der Waals surface area contributed by atoms with Gasteiger partial charge in [-0.15, -0.1) is 0 Å². The van der Waals surface area contributed by atoms with Gasteiger partial charge in [-0.3, -0.25) is 14.9 Å². The van der Waals surface area contributed by atoms with Crippen LogP contribution < -0.4 is 10.5 Å². The first kappa shape index (κ1) is 14.8. The van der Waals surface area contributed by atoms with Gasteiger partial charge in [0.2, 0.25) is 0 Å². The number of ketones is 1. The second kappa shape index (κ2) is 5.80. The number of nitrogens with zero attached hydrogens (tertiary/aromatic N) is 1. The second-order valence-corrected chi connectivity index (χ2v) is 4.69. The summed E-state index contributed by atoms with van der Waals surface area (Å²) in [6.07, 6.45) is 0. The Morgan fingerprint density at radius 2 is 1.90 bits per heavy atom. The number of hydrogen-bond donors (Lipinski definition) is 1. The maximum absolute atomic E-state index is 11.4. The number of nitrogens with two attached hydrogens (primary N) is 1. The Morgan fingerprint density at radius 1 is 1.29 bits per heavy atom. The van der Waals surface area contributed by atoms with Crippen LogP contribution in [0.4, 0.5) is 11.4 Å². The van der Waals surface area contributed by atoms with Crippen LogP contribution in [0.15, 0.2) is 36.4 Å². The number of hydrogen-bond acceptors (Lipinski definition) is 5. The maximum atomic E-state index is 11.4. The summed E-state index contributed by atoms with van der Waals surface area (Å²) in [7, 11) is 0. The lowest BCUT2D eigenvalue weighted by molar-refractivity contribution is -0.385. The number of nitro groups is 1. The standard InChI is InChI=1S/C14H11ClN2O4/c1-8(18)11-6-12(15)14(7-13(11)17(19)20)21-10-4-2-9(16)3-5-10/h2-7H,16H2,1H3. The van der Waals surface area contributed by atoms with Crippen molar-refractivity contribution in [2.45, 2.75) is 6.92 Å². The first-order valence-corrected chi connectivity index (χ1v) is 6.28. The molecule has 0 unspecified atom stereocenters. The molecule has 7 heteroatoms. The average Bonchev–Trinajstić information content (AvgIpc) is 2.42. The Balaban J connectivity index is 2.44. The van der Waals surface area contributed by atoms with E-state index in [1.54, 1.807) is 24.3 Å². The number of Topliss-reactive ketones (excluding diaryl/α,β-unsaturated/α-hetero) is 1. The van der Waals surface area contributed by atoms with E-state index < -0.39 is 10.7 Å². The van der Waals surface area contributed by atoms with Gasteiger partial charge in [0, 0.05) is 5.69 Å². The van der Waals surface area contributed by atoms with E-state index in [0.717, 1.165) is 6.07 Å². The topological polar surface area (TPSA) is 95.5 Å². The van der Waals surface area contributed by atoms with Crippen LogP contribution in [0, 0.1) is 10.1 Å². The van der Waals surface area contributed by atoms with Crippen LogP contribution in [0.1, 0.15) is 17.3 Å². The first-order chi connectivity index (χ1) is 9.88. The van der Waals surface area contributed by atoms with Crippen LogP contribution in [-0.4, -0.2) is 10.7 Å². The Labute approximate surface area is 125 Å². The van der Waals surface area contributed by atoms with Crippen molar-refractivity contribution in [3.05, 3.63) is 57.1 Å². The number of ether oxygens (including phenoxy) is 1. The maximum Gasteiger partial charge on any atom is 0.284 e. The van der Waals surface area contributed by atoms with Crippen LogP contribution in [0.3, 0.4) is 0 Å². The molecule has 0 aliphatic heterocycles. The molecule has 0 amide bonds. The molecule has 0 spiro atoms. The van der Waals surface area contributed by atoms with Gasteiger partial charge in [0.05, 0.1) is 21.6 Å². The van der Waals surface area contributed by atoms with Gasteiger partial charge in [-0.05, 0) is 37.3 Å². The highest BCUT2D eigenvalue weighted by molar-refractivity contribution is 6.32. The largest absolute Gasteiger partial charge is 0.456 e. The van der Waals surface area contributed by atoms with Gasteiger partial charge >= 0.3 is 0 Å². The number of anilines is 1. The second-order valence-electron chi connectivity index (χ2n) is 4.28. The summed E-state index contributed by atoms with van der Waals surface area (Å²) in [4.78, 5) is 21.8. The van der Waals surface area contributed by atoms with Gasteiger partial charge in [-0.2, -0.15) is 0 Å². The average molecular weight is 307 g/mol. The summed E-state index contributed by atoms with van der Waals surface area (Å²) in [5.74, 6) is 0.0803. The molecule has 2 rings (SSSR count). The predicted octanol–water partition coefficient (Wildman–Crippen LogP) is 3.83. The minimum atomic E-state index is -0.650. The van der Waals surface area contributed by atoms with E-state index in [2.05, 4.69) is 0 Å². The molecule has 2 N–H and O–H groups in total. The number of nitro benzene ring substituents is 1. The Hall–Kier alpha value is -2.60. The van der Waals surface area contributed by atoms with E-state index in [-0.39, 0.29) is 22.0 Å². The van der Waals surface area contributed by atoms with Gasteiger partial charge < -0.3 is 10.5 Å². The monoisotopic (exact) mass is 306 g/mol. The molecule has 21 heavy (non-hydrogen) atoms. The van der Waals surface area contributed by atoms with Crippen molar-refractivity contribution < 1.29 is 14.5 Å². The van der Waals surface area contributed by atoms with Crippen molar-refractivity contribution in [2.75, 3.05) is 5.73 Å². The third kappa shape index (κ3) is 3.29. The molecule has 0 atom stereocenters. The van der Waals surface area contributed by atoms with Gasteiger partial charge in [-0.25, -0.2) is 0 Å². The molecule has 0 aliphatic carbocycles. The van der Waals surface area contributed by atoms with Crippen molar-refractivity contribution in [3.63, 3.8) is 0 Å². The fraction of sp³-hybridized carbons (Fsp3) is 0.0714. The van der Waals surface area contributed by atoms with Crippen LogP contribution in [0.5, 0.6) is 11.5 Å². The lowest BCUT2D eigenvalue weighted by Crippen LogP contribution is -2.01. The number of carbonyl (C=O) groups excluding carboxylic acids is 1. The highest BCUT2D eigenvalue weighted by Gasteiger charge is 2.21. The lowest BCUT2D eigenvalue weighted by Gasteiger charge is -2.09. The predicted molar refractivity (Wildman–Crippen MR) is 79.0 cm³/mol. The van der Waals surface area contributed by atoms with E-state index >= 15 is 0 Å².